The second-order valence-corrected chi connectivity index (χ2v) is 5.19. The number of carbonyl (C=O) groups excluding carboxylic acids is 1. The largest absolute Gasteiger partial charge is 0.454 e. The van der Waals surface area contributed by atoms with Crippen molar-refractivity contribution in [3.8, 4) is 11.5 Å². The van der Waals surface area contributed by atoms with E-state index in [1.807, 2.05) is 18.2 Å². The SMILES string of the molecule is O=C(/C=C/c1ccc2c(c1)OCO2)N1CC(n2nccn2)C1. The van der Waals surface area contributed by atoms with Gasteiger partial charge >= 0.3 is 0 Å². The van der Waals surface area contributed by atoms with Crippen LogP contribution in [0.25, 0.3) is 6.08 Å². The van der Waals surface area contributed by atoms with E-state index in [9.17, 15) is 4.79 Å². The highest BCUT2D eigenvalue weighted by molar-refractivity contribution is 5.92. The molecule has 2 aliphatic heterocycles. The van der Waals surface area contributed by atoms with Gasteiger partial charge in [-0.25, -0.2) is 0 Å². The highest BCUT2D eigenvalue weighted by atomic mass is 16.7. The minimum atomic E-state index is -0.0129. The fourth-order valence-corrected chi connectivity index (χ4v) is 2.49. The molecule has 0 aliphatic carbocycles. The molecule has 1 aromatic carbocycles. The van der Waals surface area contributed by atoms with Crippen LogP contribution in [-0.4, -0.2) is 45.7 Å². The number of aromatic nitrogens is 3. The molecule has 0 radical (unpaired) electrons. The Labute approximate surface area is 126 Å². The summed E-state index contributed by atoms with van der Waals surface area (Å²) in [5, 5.41) is 8.17. The Balaban J connectivity index is 1.36. The average Bonchev–Trinajstić information content (AvgIpc) is 3.14. The Morgan fingerprint density at radius 3 is 2.77 bits per heavy atom. The lowest BCUT2D eigenvalue weighted by molar-refractivity contribution is -0.131. The van der Waals surface area contributed by atoms with Crippen LogP contribution in [0.3, 0.4) is 0 Å². The van der Waals surface area contributed by atoms with Crippen molar-refractivity contribution >= 4 is 12.0 Å². The number of hydrogen-bond acceptors (Lipinski definition) is 5. The Hall–Kier alpha value is -2.83. The summed E-state index contributed by atoms with van der Waals surface area (Å²) >= 11 is 0. The number of ether oxygens (including phenoxy) is 2. The predicted molar refractivity (Wildman–Crippen MR) is 77.2 cm³/mol. The van der Waals surface area contributed by atoms with Crippen LogP contribution in [0.1, 0.15) is 11.6 Å². The number of nitrogens with zero attached hydrogens (tertiary/aromatic N) is 4. The molecule has 7 nitrogen and oxygen atoms in total. The number of benzene rings is 1. The van der Waals surface area contributed by atoms with Crippen molar-refractivity contribution in [2.75, 3.05) is 19.9 Å². The van der Waals surface area contributed by atoms with E-state index in [1.165, 1.54) is 0 Å². The third kappa shape index (κ3) is 2.30. The molecular formula is C15H14N4O3. The first-order valence-corrected chi connectivity index (χ1v) is 7.02. The van der Waals surface area contributed by atoms with E-state index >= 15 is 0 Å². The van der Waals surface area contributed by atoms with Crippen LogP contribution < -0.4 is 9.47 Å². The quantitative estimate of drug-likeness (QED) is 0.794. The topological polar surface area (TPSA) is 69.5 Å². The lowest BCUT2D eigenvalue weighted by Gasteiger charge is -2.37. The number of carbonyl (C=O) groups is 1. The van der Waals surface area contributed by atoms with Crippen LogP contribution >= 0.6 is 0 Å². The van der Waals surface area contributed by atoms with Gasteiger partial charge in [-0.1, -0.05) is 6.07 Å². The summed E-state index contributed by atoms with van der Waals surface area (Å²) in [5.74, 6) is 1.44. The van der Waals surface area contributed by atoms with Crippen molar-refractivity contribution < 1.29 is 14.3 Å². The fourth-order valence-electron chi connectivity index (χ4n) is 2.49. The van der Waals surface area contributed by atoms with E-state index in [-0.39, 0.29) is 18.7 Å². The summed E-state index contributed by atoms with van der Waals surface area (Å²) < 4.78 is 10.6. The van der Waals surface area contributed by atoms with Crippen molar-refractivity contribution in [3.63, 3.8) is 0 Å². The van der Waals surface area contributed by atoms with Crippen LogP contribution in [0.2, 0.25) is 0 Å². The zero-order chi connectivity index (χ0) is 14.9. The molecule has 0 saturated carbocycles. The molecule has 1 saturated heterocycles. The summed E-state index contributed by atoms with van der Waals surface area (Å²) in [6, 6.07) is 5.77. The second kappa shape index (κ2) is 5.18. The maximum absolute atomic E-state index is 12.1. The lowest BCUT2D eigenvalue weighted by Crippen LogP contribution is -2.50. The van der Waals surface area contributed by atoms with E-state index < -0.39 is 0 Å². The monoisotopic (exact) mass is 298 g/mol. The van der Waals surface area contributed by atoms with E-state index in [0.29, 0.717) is 18.8 Å². The molecule has 0 atom stereocenters. The van der Waals surface area contributed by atoms with E-state index in [0.717, 1.165) is 11.3 Å². The van der Waals surface area contributed by atoms with Gasteiger partial charge in [-0.3, -0.25) is 4.79 Å². The maximum Gasteiger partial charge on any atom is 0.246 e. The Morgan fingerprint density at radius 2 is 1.95 bits per heavy atom. The minimum absolute atomic E-state index is 0.0129. The van der Waals surface area contributed by atoms with Crippen LogP contribution in [-0.2, 0) is 4.79 Å². The predicted octanol–water partition coefficient (Wildman–Crippen LogP) is 1.10. The standard InChI is InChI=1S/C15H14N4O3/c20-15(18-8-12(9-18)19-16-5-6-17-19)4-2-11-1-3-13-14(7-11)22-10-21-13/h1-7,12H,8-10H2/b4-2+. The van der Waals surface area contributed by atoms with Crippen molar-refractivity contribution in [2.45, 2.75) is 6.04 Å². The van der Waals surface area contributed by atoms with E-state index in [4.69, 9.17) is 9.47 Å². The van der Waals surface area contributed by atoms with Gasteiger partial charge in [-0.05, 0) is 23.8 Å². The number of hydrogen-bond donors (Lipinski definition) is 0. The number of likely N-dealkylation sites (tertiary alicyclic amines) is 1. The highest BCUT2D eigenvalue weighted by Gasteiger charge is 2.31. The Morgan fingerprint density at radius 1 is 1.18 bits per heavy atom. The number of rotatable bonds is 3. The van der Waals surface area contributed by atoms with Gasteiger partial charge in [0.2, 0.25) is 12.7 Å². The van der Waals surface area contributed by atoms with Gasteiger partial charge in [0.15, 0.2) is 11.5 Å². The fraction of sp³-hybridized carbons (Fsp3) is 0.267. The second-order valence-electron chi connectivity index (χ2n) is 5.19. The van der Waals surface area contributed by atoms with Crippen LogP contribution in [0.5, 0.6) is 11.5 Å². The molecule has 0 spiro atoms. The molecule has 1 aromatic heterocycles. The molecule has 1 amide bonds. The van der Waals surface area contributed by atoms with Gasteiger partial charge in [0, 0.05) is 19.2 Å². The maximum atomic E-state index is 12.1. The first-order chi connectivity index (χ1) is 10.8. The molecule has 1 fully saturated rings. The van der Waals surface area contributed by atoms with Crippen LogP contribution in [0, 0.1) is 0 Å². The Kier molecular flexibility index (Phi) is 3.03. The first kappa shape index (κ1) is 12.9. The summed E-state index contributed by atoms with van der Waals surface area (Å²) in [7, 11) is 0. The molecule has 112 valence electrons. The van der Waals surface area contributed by atoms with Gasteiger partial charge in [0.1, 0.15) is 6.04 Å². The van der Waals surface area contributed by atoms with Crippen LogP contribution in [0.15, 0.2) is 36.7 Å². The molecule has 22 heavy (non-hydrogen) atoms. The summed E-state index contributed by atoms with van der Waals surface area (Å²) in [4.78, 5) is 15.5. The van der Waals surface area contributed by atoms with Gasteiger partial charge in [-0.2, -0.15) is 15.0 Å². The van der Waals surface area contributed by atoms with Crippen molar-refractivity contribution in [2.24, 2.45) is 0 Å². The molecule has 7 heteroatoms. The van der Waals surface area contributed by atoms with Crippen molar-refractivity contribution in [1.29, 1.82) is 0 Å². The summed E-state index contributed by atoms with van der Waals surface area (Å²) in [5.41, 5.74) is 0.906. The molecule has 4 rings (SSSR count). The van der Waals surface area contributed by atoms with Gasteiger partial charge in [-0.15, -0.1) is 0 Å². The zero-order valence-electron chi connectivity index (χ0n) is 11.8. The lowest BCUT2D eigenvalue weighted by atomic mass is 10.1. The van der Waals surface area contributed by atoms with E-state index in [2.05, 4.69) is 10.2 Å². The first-order valence-electron chi connectivity index (χ1n) is 7.02. The smallest absolute Gasteiger partial charge is 0.246 e. The highest BCUT2D eigenvalue weighted by Crippen LogP contribution is 2.32. The third-order valence-corrected chi connectivity index (χ3v) is 3.75. The molecule has 3 heterocycles. The molecule has 0 unspecified atom stereocenters. The number of amides is 1. The minimum Gasteiger partial charge on any atom is -0.454 e. The average molecular weight is 298 g/mol. The van der Waals surface area contributed by atoms with Crippen molar-refractivity contribution in [3.05, 3.63) is 42.2 Å². The van der Waals surface area contributed by atoms with E-state index in [1.54, 1.807) is 34.2 Å². The molecule has 0 bridgehead atoms. The molecular weight excluding hydrogens is 284 g/mol. The summed E-state index contributed by atoms with van der Waals surface area (Å²) in [6.45, 7) is 1.52. The van der Waals surface area contributed by atoms with Crippen molar-refractivity contribution in [1.82, 2.24) is 19.9 Å². The normalized spacial score (nSPS) is 17.0. The Bertz CT molecular complexity index is 720. The van der Waals surface area contributed by atoms with Crippen LogP contribution in [0.4, 0.5) is 0 Å². The molecule has 2 aliphatic rings. The molecule has 2 aromatic rings. The zero-order valence-corrected chi connectivity index (χ0v) is 11.8. The molecule has 0 N–H and O–H groups in total. The van der Waals surface area contributed by atoms with Gasteiger partial charge < -0.3 is 14.4 Å². The van der Waals surface area contributed by atoms with Gasteiger partial charge in [0.25, 0.3) is 0 Å². The van der Waals surface area contributed by atoms with Gasteiger partial charge in [0.05, 0.1) is 12.4 Å². The third-order valence-electron chi connectivity index (χ3n) is 3.75. The summed E-state index contributed by atoms with van der Waals surface area (Å²) in [6.07, 6.45) is 6.64. The number of fused-ring (bicyclic) bond motifs is 1.